The third kappa shape index (κ3) is 4.86. The summed E-state index contributed by atoms with van der Waals surface area (Å²) in [6.07, 6.45) is -2.80. The first-order chi connectivity index (χ1) is 16.4. The predicted molar refractivity (Wildman–Crippen MR) is 127 cm³/mol. The summed E-state index contributed by atoms with van der Waals surface area (Å²) < 4.78 is 63.6. The Kier molecular flexibility index (Phi) is 6.80. The molecule has 3 heterocycles. The van der Waals surface area contributed by atoms with Crippen molar-refractivity contribution in [1.29, 1.82) is 0 Å². The van der Waals surface area contributed by atoms with Crippen molar-refractivity contribution in [2.24, 2.45) is 0 Å². The van der Waals surface area contributed by atoms with Crippen LogP contribution in [0.1, 0.15) is 49.4 Å². The van der Waals surface area contributed by atoms with Gasteiger partial charge < -0.3 is 15.4 Å². The van der Waals surface area contributed by atoms with E-state index in [0.717, 1.165) is 25.5 Å². The SMILES string of the molecule is Cc1cc(N)nc(-c2c(Cl)cc3c(C(C)C)nc(OC[C@@H]4CCCN4C)nc3c2F)c1C(F)(F)F. The van der Waals surface area contributed by atoms with Crippen LogP contribution >= 0.6 is 11.6 Å². The molecule has 0 unspecified atom stereocenters. The molecule has 1 aromatic carbocycles. The molecule has 3 aromatic rings. The van der Waals surface area contributed by atoms with E-state index < -0.39 is 28.8 Å². The number of aryl methyl sites for hydroxylation is 1. The van der Waals surface area contributed by atoms with Gasteiger partial charge in [0.1, 0.15) is 17.9 Å². The minimum absolute atomic E-state index is 0.0403. The number of benzene rings is 1. The first kappa shape index (κ1) is 25.4. The van der Waals surface area contributed by atoms with Crippen LogP contribution in [0.4, 0.5) is 23.4 Å². The van der Waals surface area contributed by atoms with Gasteiger partial charge in [0.2, 0.25) is 0 Å². The Morgan fingerprint density at radius 1 is 1.23 bits per heavy atom. The van der Waals surface area contributed by atoms with Crippen molar-refractivity contribution < 1.29 is 22.3 Å². The van der Waals surface area contributed by atoms with Gasteiger partial charge in [0.05, 0.1) is 27.5 Å². The van der Waals surface area contributed by atoms with Crippen LogP contribution in [-0.2, 0) is 6.18 Å². The van der Waals surface area contributed by atoms with Gasteiger partial charge in [0.15, 0.2) is 5.82 Å². The first-order valence-electron chi connectivity index (χ1n) is 11.3. The second-order valence-electron chi connectivity index (χ2n) is 9.16. The second kappa shape index (κ2) is 9.39. The monoisotopic (exact) mass is 511 g/mol. The maximum Gasteiger partial charge on any atom is 0.418 e. The van der Waals surface area contributed by atoms with Gasteiger partial charge in [-0.25, -0.2) is 9.37 Å². The van der Waals surface area contributed by atoms with Crippen molar-refractivity contribution in [3.63, 3.8) is 0 Å². The number of nitrogen functional groups attached to an aromatic ring is 1. The number of hydrogen-bond donors (Lipinski definition) is 1. The van der Waals surface area contributed by atoms with E-state index >= 15 is 4.39 Å². The second-order valence-corrected chi connectivity index (χ2v) is 9.57. The van der Waals surface area contributed by atoms with E-state index in [9.17, 15) is 13.2 Å². The molecule has 1 aliphatic heterocycles. The molecule has 11 heteroatoms. The Hall–Kier alpha value is -2.72. The van der Waals surface area contributed by atoms with E-state index in [-0.39, 0.29) is 39.9 Å². The van der Waals surface area contributed by atoms with Gasteiger partial charge in [0, 0.05) is 11.4 Å². The average molecular weight is 512 g/mol. The van der Waals surface area contributed by atoms with Crippen molar-refractivity contribution in [2.45, 2.75) is 51.7 Å². The van der Waals surface area contributed by atoms with Crippen molar-refractivity contribution >= 4 is 28.3 Å². The molecule has 6 nitrogen and oxygen atoms in total. The van der Waals surface area contributed by atoms with Crippen LogP contribution in [0.3, 0.4) is 0 Å². The molecule has 0 saturated carbocycles. The summed E-state index contributed by atoms with van der Waals surface area (Å²) in [5.41, 5.74) is 3.52. The van der Waals surface area contributed by atoms with E-state index in [4.69, 9.17) is 22.1 Å². The molecular weight excluding hydrogens is 486 g/mol. The molecule has 2 aromatic heterocycles. The van der Waals surface area contributed by atoms with Gasteiger partial charge in [-0.05, 0) is 57.0 Å². The highest BCUT2D eigenvalue weighted by Crippen LogP contribution is 2.44. The van der Waals surface area contributed by atoms with E-state index in [1.165, 1.54) is 13.0 Å². The topological polar surface area (TPSA) is 77.2 Å². The fourth-order valence-electron chi connectivity index (χ4n) is 4.52. The van der Waals surface area contributed by atoms with Crippen molar-refractivity contribution in [1.82, 2.24) is 19.9 Å². The molecule has 0 aliphatic carbocycles. The molecule has 1 aliphatic rings. The molecule has 1 saturated heterocycles. The lowest BCUT2D eigenvalue weighted by Crippen LogP contribution is -2.31. The summed E-state index contributed by atoms with van der Waals surface area (Å²) in [5.74, 6) is -1.38. The fraction of sp³-hybridized carbons (Fsp3) is 0.458. The lowest BCUT2D eigenvalue weighted by atomic mass is 9.97. The number of ether oxygens (including phenoxy) is 1. The van der Waals surface area contributed by atoms with Crippen LogP contribution in [0.2, 0.25) is 5.02 Å². The average Bonchev–Trinajstić information content (AvgIpc) is 3.15. The normalized spacial score (nSPS) is 17.0. The summed E-state index contributed by atoms with van der Waals surface area (Å²) in [6.45, 7) is 6.23. The zero-order chi connectivity index (χ0) is 25.7. The summed E-state index contributed by atoms with van der Waals surface area (Å²) in [7, 11) is 1.99. The molecule has 0 amide bonds. The number of nitrogens with zero attached hydrogens (tertiary/aromatic N) is 4. The number of pyridine rings is 1. The number of halogens is 5. The summed E-state index contributed by atoms with van der Waals surface area (Å²) in [5, 5.41) is 0.0514. The fourth-order valence-corrected chi connectivity index (χ4v) is 4.80. The van der Waals surface area contributed by atoms with Crippen LogP contribution in [0.25, 0.3) is 22.2 Å². The number of fused-ring (bicyclic) bond motifs is 1. The summed E-state index contributed by atoms with van der Waals surface area (Å²) in [4.78, 5) is 14.7. The van der Waals surface area contributed by atoms with Crippen molar-refractivity contribution in [2.75, 3.05) is 25.9 Å². The molecule has 0 bridgehead atoms. The smallest absolute Gasteiger partial charge is 0.418 e. The number of rotatable bonds is 5. The molecule has 0 spiro atoms. The Bertz CT molecular complexity index is 1280. The third-order valence-electron chi connectivity index (χ3n) is 6.27. The molecule has 1 atom stereocenters. The Balaban J connectivity index is 1.92. The van der Waals surface area contributed by atoms with Gasteiger partial charge in [0.25, 0.3) is 0 Å². The summed E-state index contributed by atoms with van der Waals surface area (Å²) >= 11 is 6.37. The zero-order valence-corrected chi connectivity index (χ0v) is 20.6. The first-order valence-corrected chi connectivity index (χ1v) is 11.6. The summed E-state index contributed by atoms with van der Waals surface area (Å²) in [6, 6.07) is 2.60. The quantitative estimate of drug-likeness (QED) is 0.424. The lowest BCUT2D eigenvalue weighted by Gasteiger charge is -2.20. The number of aromatic nitrogens is 3. The van der Waals surface area contributed by atoms with Crippen LogP contribution in [0.5, 0.6) is 6.01 Å². The van der Waals surface area contributed by atoms with Gasteiger partial charge in [-0.3, -0.25) is 0 Å². The van der Waals surface area contributed by atoms with Crippen molar-refractivity contribution in [3.05, 3.63) is 39.8 Å². The van der Waals surface area contributed by atoms with Gasteiger partial charge in [-0.15, -0.1) is 0 Å². The highest BCUT2D eigenvalue weighted by molar-refractivity contribution is 6.34. The van der Waals surface area contributed by atoms with Crippen LogP contribution in [0.15, 0.2) is 12.1 Å². The predicted octanol–water partition coefficient (Wildman–Crippen LogP) is 5.99. The van der Waals surface area contributed by atoms with Crippen molar-refractivity contribution in [3.8, 4) is 17.3 Å². The highest BCUT2D eigenvalue weighted by Gasteiger charge is 2.38. The van der Waals surface area contributed by atoms with E-state index in [1.807, 2.05) is 20.9 Å². The molecule has 4 rings (SSSR count). The van der Waals surface area contributed by atoms with Gasteiger partial charge >= 0.3 is 12.2 Å². The number of nitrogens with two attached hydrogens (primary N) is 1. The van der Waals surface area contributed by atoms with E-state index in [1.54, 1.807) is 0 Å². The largest absolute Gasteiger partial charge is 0.462 e. The standard InChI is InChI=1S/C24H26ClF4N5O/c1-11(2)20-14-9-15(25)17(22-18(24(27,28)29)12(3)8-16(30)31-22)19(26)21(14)33-23(32-20)35-10-13-6-5-7-34(13)4/h8-9,11,13H,5-7,10H2,1-4H3,(H2,30,31)/t13-/m0/s1. The molecule has 0 radical (unpaired) electrons. The van der Waals surface area contributed by atoms with Gasteiger partial charge in [-0.2, -0.15) is 23.1 Å². The van der Waals surface area contributed by atoms with Gasteiger partial charge in [-0.1, -0.05) is 25.4 Å². The Morgan fingerprint density at radius 2 is 1.94 bits per heavy atom. The molecule has 1 fully saturated rings. The Labute approximate surface area is 205 Å². The van der Waals surface area contributed by atoms with Crippen LogP contribution in [-0.4, -0.2) is 46.1 Å². The molecule has 2 N–H and O–H groups in total. The maximum atomic E-state index is 16.0. The van der Waals surface area contributed by atoms with E-state index in [0.29, 0.717) is 17.7 Å². The number of hydrogen-bond acceptors (Lipinski definition) is 6. The number of likely N-dealkylation sites (N-methyl/N-ethyl adjacent to an activating group) is 1. The highest BCUT2D eigenvalue weighted by atomic mass is 35.5. The third-order valence-corrected chi connectivity index (χ3v) is 6.57. The molecular formula is C24H26ClF4N5O. The van der Waals surface area contributed by atoms with Crippen LogP contribution < -0.4 is 10.5 Å². The maximum absolute atomic E-state index is 16.0. The lowest BCUT2D eigenvalue weighted by molar-refractivity contribution is -0.137. The number of anilines is 1. The Morgan fingerprint density at radius 3 is 2.54 bits per heavy atom. The minimum Gasteiger partial charge on any atom is -0.462 e. The van der Waals surface area contributed by atoms with E-state index in [2.05, 4.69) is 19.9 Å². The number of alkyl halides is 3. The molecule has 188 valence electrons. The number of likely N-dealkylation sites (tertiary alicyclic amines) is 1. The molecule has 35 heavy (non-hydrogen) atoms. The zero-order valence-electron chi connectivity index (χ0n) is 19.8. The van der Waals surface area contributed by atoms with Crippen LogP contribution in [0, 0.1) is 12.7 Å². The minimum atomic E-state index is -4.80.